The molecule has 12 rings (SSSR count). The number of anilines is 3. The Hall–Kier alpha value is -6.46. The third-order valence-electron chi connectivity index (χ3n) is 15.6. The Bertz CT molecular complexity index is 3790. The Morgan fingerprint density at radius 3 is 1.57 bits per heavy atom. The number of hydrogen-bond donors (Lipinski definition) is 0. The van der Waals surface area contributed by atoms with E-state index in [1.165, 1.54) is 99.4 Å². The highest BCUT2D eigenvalue weighted by molar-refractivity contribution is 6.89. The van der Waals surface area contributed by atoms with E-state index in [1.807, 2.05) is 0 Å². The predicted molar refractivity (Wildman–Crippen MR) is 298 cm³/mol. The summed E-state index contributed by atoms with van der Waals surface area (Å²) in [6.45, 7) is 34.7. The molecule has 0 fully saturated rings. The molecule has 2 aliphatic rings. The number of nitrogens with zero attached hydrogens (tertiary/aromatic N) is 3. The van der Waals surface area contributed by atoms with Crippen molar-refractivity contribution in [2.75, 3.05) is 4.90 Å². The van der Waals surface area contributed by atoms with E-state index in [4.69, 9.17) is 4.42 Å². The minimum atomic E-state index is -0.229. The van der Waals surface area contributed by atoms with Crippen molar-refractivity contribution < 1.29 is 4.42 Å². The highest BCUT2D eigenvalue weighted by Gasteiger charge is 2.47. The monoisotopic (exact) mass is 904 g/mol. The standard InChI is InChI=1S/C64H66BN3O/c1-60(2,3)37-21-25-43(26-22-37)67-54-34-41(64(13,14)15)31-47-49-33-40(63(10,11)12)32-48-46-35-52-45(44-29-38(61(4,5)6)23-27-51(44)66(52)42-19-17-16-18-20-42)36-53(46)68(57(48)49)65(56(47)54)59-58(67)50-30-39(62(7,8)9)24-28-55(50)69-59/h16-36H,1-15H3. The molecule has 0 saturated carbocycles. The number of aromatic nitrogens is 2. The lowest BCUT2D eigenvalue weighted by atomic mass is 9.47. The van der Waals surface area contributed by atoms with Crippen LogP contribution in [-0.4, -0.2) is 15.9 Å². The largest absolute Gasteiger partial charge is 0.466 e. The molecule has 5 heterocycles. The lowest BCUT2D eigenvalue weighted by molar-refractivity contribution is 0.589. The molecule has 10 aromatic rings. The zero-order chi connectivity index (χ0) is 48.6. The van der Waals surface area contributed by atoms with Gasteiger partial charge in [0, 0.05) is 60.6 Å². The van der Waals surface area contributed by atoms with Gasteiger partial charge >= 0.3 is 6.85 Å². The number of hydrogen-bond acceptors (Lipinski definition) is 2. The molecule has 346 valence electrons. The summed E-state index contributed by atoms with van der Waals surface area (Å²) in [5, 5.41) is 6.23. The van der Waals surface area contributed by atoms with Gasteiger partial charge in [0.1, 0.15) is 11.2 Å². The molecule has 69 heavy (non-hydrogen) atoms. The summed E-state index contributed by atoms with van der Waals surface area (Å²) < 4.78 is 12.7. The highest BCUT2D eigenvalue weighted by atomic mass is 16.3. The lowest BCUT2D eigenvalue weighted by Gasteiger charge is -2.40. The quantitative estimate of drug-likeness (QED) is 0.162. The zero-order valence-corrected chi connectivity index (χ0v) is 43.5. The average Bonchev–Trinajstić information content (AvgIpc) is 3.93. The first-order valence-electron chi connectivity index (χ1n) is 25.2. The van der Waals surface area contributed by atoms with E-state index in [2.05, 4.69) is 245 Å². The van der Waals surface area contributed by atoms with Crippen molar-refractivity contribution >= 4 is 89.6 Å². The molecule has 0 amide bonds. The fourth-order valence-corrected chi connectivity index (χ4v) is 11.5. The van der Waals surface area contributed by atoms with Gasteiger partial charge in [-0.05, 0) is 145 Å². The van der Waals surface area contributed by atoms with Gasteiger partial charge in [-0.25, -0.2) is 0 Å². The van der Waals surface area contributed by atoms with Crippen molar-refractivity contribution in [3.05, 3.63) is 155 Å². The van der Waals surface area contributed by atoms with Crippen LogP contribution in [-0.2, 0) is 27.1 Å². The molecule has 0 unspecified atom stereocenters. The maximum atomic E-state index is 7.48. The first-order valence-corrected chi connectivity index (χ1v) is 25.2. The Morgan fingerprint density at radius 2 is 0.928 bits per heavy atom. The van der Waals surface area contributed by atoms with Crippen LogP contribution in [0.15, 0.2) is 132 Å². The van der Waals surface area contributed by atoms with Crippen LogP contribution in [0.3, 0.4) is 0 Å². The van der Waals surface area contributed by atoms with Gasteiger partial charge in [0.15, 0.2) is 0 Å². The van der Waals surface area contributed by atoms with E-state index in [0.29, 0.717) is 0 Å². The second-order valence-corrected chi connectivity index (χ2v) is 25.6. The molecule has 4 nitrogen and oxygen atoms in total. The fraction of sp³-hybridized carbons (Fsp3) is 0.312. The fourth-order valence-electron chi connectivity index (χ4n) is 11.5. The van der Waals surface area contributed by atoms with Crippen molar-refractivity contribution in [3.63, 3.8) is 0 Å². The van der Waals surface area contributed by atoms with Gasteiger partial charge < -0.3 is 18.4 Å². The van der Waals surface area contributed by atoms with Gasteiger partial charge in [-0.3, -0.25) is 0 Å². The van der Waals surface area contributed by atoms with Crippen LogP contribution in [0, 0.1) is 0 Å². The van der Waals surface area contributed by atoms with Gasteiger partial charge in [-0.1, -0.05) is 152 Å². The van der Waals surface area contributed by atoms with Crippen LogP contribution in [0.1, 0.15) is 132 Å². The van der Waals surface area contributed by atoms with Gasteiger partial charge in [0.05, 0.1) is 16.7 Å². The Balaban J connectivity index is 1.28. The molecule has 3 aromatic heterocycles. The summed E-state index contributed by atoms with van der Waals surface area (Å²) in [6, 6.07) is 49.5. The minimum absolute atomic E-state index is 0.00887. The second-order valence-electron chi connectivity index (χ2n) is 25.6. The number of para-hydroxylation sites is 1. The molecule has 5 heteroatoms. The van der Waals surface area contributed by atoms with Gasteiger partial charge in [0.2, 0.25) is 0 Å². The smallest absolute Gasteiger partial charge is 0.375 e. The third-order valence-corrected chi connectivity index (χ3v) is 15.6. The van der Waals surface area contributed by atoms with E-state index < -0.39 is 0 Å². The Morgan fingerprint density at radius 1 is 0.406 bits per heavy atom. The molecule has 0 bridgehead atoms. The maximum absolute atomic E-state index is 7.48. The van der Waals surface area contributed by atoms with Crippen molar-refractivity contribution in [1.82, 2.24) is 9.05 Å². The molecule has 0 N–H and O–H groups in total. The molecule has 7 aromatic carbocycles. The highest BCUT2D eigenvalue weighted by Crippen LogP contribution is 2.51. The van der Waals surface area contributed by atoms with Gasteiger partial charge in [-0.2, -0.15) is 0 Å². The number of furan rings is 1. The zero-order valence-electron chi connectivity index (χ0n) is 43.5. The van der Waals surface area contributed by atoms with Crippen LogP contribution >= 0.6 is 0 Å². The van der Waals surface area contributed by atoms with Crippen molar-refractivity contribution in [1.29, 1.82) is 0 Å². The topological polar surface area (TPSA) is 26.2 Å². The average molecular weight is 904 g/mol. The third kappa shape index (κ3) is 6.48. The van der Waals surface area contributed by atoms with E-state index in [-0.39, 0.29) is 33.9 Å². The van der Waals surface area contributed by atoms with Crippen LogP contribution in [0.2, 0.25) is 0 Å². The molecular weight excluding hydrogens is 838 g/mol. The van der Waals surface area contributed by atoms with Crippen LogP contribution < -0.4 is 16.0 Å². The van der Waals surface area contributed by atoms with Gasteiger partial charge in [0.25, 0.3) is 0 Å². The molecular formula is C64H66BN3O. The molecule has 0 atom stereocenters. The van der Waals surface area contributed by atoms with Gasteiger partial charge in [-0.15, -0.1) is 0 Å². The van der Waals surface area contributed by atoms with E-state index in [1.54, 1.807) is 0 Å². The number of rotatable bonds is 2. The van der Waals surface area contributed by atoms with E-state index in [9.17, 15) is 0 Å². The SMILES string of the molecule is CC(C)(C)c1ccc(N2c3cc(C(C)(C)C)cc4c3B(c3oc5ccc(C(C)(C)C)cc5c32)n2c3cc5c6cc(C(C)(C)C)ccc6n(-c6ccccc6)c5cc3c3cc(C(C)(C)C)cc-4c32)cc1. The second kappa shape index (κ2) is 14.1. The molecule has 0 saturated heterocycles. The first kappa shape index (κ1) is 43.8. The van der Waals surface area contributed by atoms with Crippen molar-refractivity contribution in [2.24, 2.45) is 0 Å². The van der Waals surface area contributed by atoms with Crippen molar-refractivity contribution in [2.45, 2.75) is 131 Å². The van der Waals surface area contributed by atoms with Crippen molar-refractivity contribution in [3.8, 4) is 16.8 Å². The predicted octanol–water partition coefficient (Wildman–Crippen LogP) is 16.5. The van der Waals surface area contributed by atoms with E-state index in [0.717, 1.165) is 28.0 Å². The Labute approximate surface area is 409 Å². The normalized spacial score (nSPS) is 14.2. The Kier molecular flexibility index (Phi) is 8.94. The summed E-state index contributed by atoms with van der Waals surface area (Å²) in [5.74, 6) is 0. The van der Waals surface area contributed by atoms with Crippen LogP contribution in [0.25, 0.3) is 71.4 Å². The lowest BCUT2D eigenvalue weighted by Crippen LogP contribution is -2.56. The summed E-state index contributed by atoms with van der Waals surface area (Å²) in [6.07, 6.45) is 0. The molecule has 0 spiro atoms. The van der Waals surface area contributed by atoms with Crippen LogP contribution in [0.5, 0.6) is 0 Å². The minimum Gasteiger partial charge on any atom is -0.466 e. The summed E-state index contributed by atoms with van der Waals surface area (Å²) in [7, 11) is 0. The van der Waals surface area contributed by atoms with Crippen LogP contribution in [0.4, 0.5) is 17.1 Å². The van der Waals surface area contributed by atoms with E-state index >= 15 is 0 Å². The molecule has 2 aliphatic heterocycles. The summed E-state index contributed by atoms with van der Waals surface area (Å²) in [4.78, 5) is 2.56. The number of benzene rings is 7. The summed E-state index contributed by atoms with van der Waals surface area (Å²) >= 11 is 0. The summed E-state index contributed by atoms with van der Waals surface area (Å²) in [5.41, 5.74) is 21.7. The maximum Gasteiger partial charge on any atom is 0.375 e. The first-order chi connectivity index (χ1) is 32.4. The number of fused-ring (bicyclic) bond motifs is 12. The molecule has 0 radical (unpaired) electrons. The molecule has 0 aliphatic carbocycles.